The van der Waals surface area contributed by atoms with E-state index in [1.165, 1.54) is 6.92 Å². The predicted molar refractivity (Wildman–Crippen MR) is 66.8 cm³/mol. The summed E-state index contributed by atoms with van der Waals surface area (Å²) in [6.45, 7) is 3.57. The molecular weight excluding hydrogens is 218 g/mol. The summed E-state index contributed by atoms with van der Waals surface area (Å²) in [4.78, 5) is 15.4. The summed E-state index contributed by atoms with van der Waals surface area (Å²) in [5.74, 6) is -1.07. The molecule has 1 aromatic carbocycles. The maximum absolute atomic E-state index is 10.4. The Morgan fingerprint density at radius 3 is 2.59 bits per heavy atom. The van der Waals surface area contributed by atoms with E-state index in [0.29, 0.717) is 0 Å². The van der Waals surface area contributed by atoms with Crippen LogP contribution in [0.5, 0.6) is 0 Å². The lowest BCUT2D eigenvalue weighted by molar-refractivity contribution is -0.129. The lowest BCUT2D eigenvalue weighted by Gasteiger charge is -2.01. The van der Waals surface area contributed by atoms with Crippen molar-refractivity contribution in [1.29, 1.82) is 0 Å². The highest BCUT2D eigenvalue weighted by molar-refractivity contribution is 6.34. The molecule has 17 heavy (non-hydrogen) atoms. The zero-order chi connectivity index (χ0) is 12.7. The van der Waals surface area contributed by atoms with Crippen LogP contribution in [0.15, 0.2) is 41.1 Å². The van der Waals surface area contributed by atoms with Crippen molar-refractivity contribution < 1.29 is 14.7 Å². The van der Waals surface area contributed by atoms with Gasteiger partial charge in [0.1, 0.15) is 6.61 Å². The fraction of sp³-hybridized carbons (Fsp3) is 0.231. The van der Waals surface area contributed by atoms with Gasteiger partial charge in [0, 0.05) is 0 Å². The van der Waals surface area contributed by atoms with Crippen molar-refractivity contribution in [2.45, 2.75) is 13.8 Å². The van der Waals surface area contributed by atoms with E-state index in [4.69, 9.17) is 9.94 Å². The van der Waals surface area contributed by atoms with Crippen molar-refractivity contribution in [2.24, 2.45) is 5.16 Å². The molecule has 0 radical (unpaired) electrons. The minimum Gasteiger partial charge on any atom is -0.477 e. The molecule has 0 aliphatic heterocycles. The van der Waals surface area contributed by atoms with Gasteiger partial charge in [-0.05, 0) is 25.0 Å². The highest BCUT2D eigenvalue weighted by Gasteiger charge is 2.01. The Morgan fingerprint density at radius 2 is 2.00 bits per heavy atom. The number of carboxylic acid groups (broad SMARTS) is 1. The molecule has 4 nitrogen and oxygen atoms in total. The third-order valence-corrected chi connectivity index (χ3v) is 2.02. The molecule has 1 rings (SSSR count). The molecule has 0 aromatic heterocycles. The number of carbonyl (C=O) groups is 1. The number of rotatable bonds is 5. The van der Waals surface area contributed by atoms with Gasteiger partial charge in [-0.2, -0.15) is 0 Å². The Labute approximate surface area is 100 Å². The Hall–Kier alpha value is -2.10. The standard InChI is InChI=1S/C13H15NO3/c1-10(8-12-6-4-3-5-7-12)9-17-14-11(2)13(15)16/h3-8H,9H2,1-2H3,(H,15,16). The van der Waals surface area contributed by atoms with Crippen LogP contribution in [0.1, 0.15) is 19.4 Å². The SMILES string of the molecule is CC(=Cc1ccccc1)CON=C(C)C(=O)O. The van der Waals surface area contributed by atoms with E-state index in [0.717, 1.165) is 11.1 Å². The Bertz CT molecular complexity index is 435. The largest absolute Gasteiger partial charge is 0.477 e. The fourth-order valence-corrected chi connectivity index (χ4v) is 1.15. The molecule has 0 saturated heterocycles. The van der Waals surface area contributed by atoms with Gasteiger partial charge in [0.2, 0.25) is 0 Å². The predicted octanol–water partition coefficient (Wildman–Crippen LogP) is 2.57. The molecule has 90 valence electrons. The first-order valence-electron chi connectivity index (χ1n) is 5.21. The van der Waals surface area contributed by atoms with E-state index >= 15 is 0 Å². The molecule has 1 N–H and O–H groups in total. The van der Waals surface area contributed by atoms with Crippen molar-refractivity contribution in [2.75, 3.05) is 6.61 Å². The maximum atomic E-state index is 10.4. The van der Waals surface area contributed by atoms with Gasteiger partial charge in [0.05, 0.1) is 0 Å². The van der Waals surface area contributed by atoms with Gasteiger partial charge in [-0.25, -0.2) is 4.79 Å². The van der Waals surface area contributed by atoms with Gasteiger partial charge in [-0.15, -0.1) is 0 Å². The van der Waals surface area contributed by atoms with Crippen LogP contribution in [0.2, 0.25) is 0 Å². The van der Waals surface area contributed by atoms with Gasteiger partial charge >= 0.3 is 5.97 Å². The summed E-state index contributed by atoms with van der Waals surface area (Å²) in [7, 11) is 0. The smallest absolute Gasteiger partial charge is 0.353 e. The minimum atomic E-state index is -1.07. The van der Waals surface area contributed by atoms with Crippen molar-refractivity contribution in [3.63, 3.8) is 0 Å². The summed E-state index contributed by atoms with van der Waals surface area (Å²) in [5.41, 5.74) is 1.99. The second-order valence-electron chi connectivity index (χ2n) is 3.66. The Balaban J connectivity index is 2.51. The molecule has 4 heteroatoms. The third kappa shape index (κ3) is 4.97. The first-order valence-corrected chi connectivity index (χ1v) is 5.21. The Morgan fingerprint density at radius 1 is 1.35 bits per heavy atom. The summed E-state index contributed by atoms with van der Waals surface area (Å²) in [6, 6.07) is 9.81. The molecule has 0 fully saturated rings. The monoisotopic (exact) mass is 233 g/mol. The van der Waals surface area contributed by atoms with E-state index in [1.54, 1.807) is 0 Å². The highest BCUT2D eigenvalue weighted by Crippen LogP contribution is 2.06. The van der Waals surface area contributed by atoms with E-state index in [9.17, 15) is 4.79 Å². The van der Waals surface area contributed by atoms with Crippen LogP contribution >= 0.6 is 0 Å². The first kappa shape index (κ1) is 13.0. The van der Waals surface area contributed by atoms with Crippen LogP contribution in [-0.2, 0) is 9.63 Å². The fourth-order valence-electron chi connectivity index (χ4n) is 1.15. The molecular formula is C13H15NO3. The van der Waals surface area contributed by atoms with Crippen LogP contribution in [0.3, 0.4) is 0 Å². The molecule has 0 unspecified atom stereocenters. The first-order chi connectivity index (χ1) is 8.09. The van der Waals surface area contributed by atoms with E-state index in [1.807, 2.05) is 43.3 Å². The van der Waals surface area contributed by atoms with Crippen molar-refractivity contribution in [3.05, 3.63) is 41.5 Å². The lowest BCUT2D eigenvalue weighted by atomic mass is 10.1. The number of carboxylic acids is 1. The molecule has 0 spiro atoms. The quantitative estimate of drug-likeness (QED) is 0.628. The van der Waals surface area contributed by atoms with Gasteiger partial charge in [0.15, 0.2) is 5.71 Å². The molecule has 0 amide bonds. The number of oxime groups is 1. The van der Waals surface area contributed by atoms with E-state index in [-0.39, 0.29) is 12.3 Å². The van der Waals surface area contributed by atoms with E-state index in [2.05, 4.69) is 5.16 Å². The second-order valence-corrected chi connectivity index (χ2v) is 3.66. The molecule has 0 atom stereocenters. The zero-order valence-corrected chi connectivity index (χ0v) is 9.88. The third-order valence-electron chi connectivity index (χ3n) is 2.02. The van der Waals surface area contributed by atoms with Crippen LogP contribution in [0.25, 0.3) is 6.08 Å². The second kappa shape index (κ2) is 6.48. The molecule has 0 saturated carbocycles. The van der Waals surface area contributed by atoms with Gasteiger partial charge in [-0.1, -0.05) is 41.6 Å². The van der Waals surface area contributed by atoms with Crippen molar-refractivity contribution in [3.8, 4) is 0 Å². The van der Waals surface area contributed by atoms with Crippen LogP contribution in [-0.4, -0.2) is 23.4 Å². The average molecular weight is 233 g/mol. The molecule has 0 bridgehead atoms. The molecule has 0 aliphatic rings. The van der Waals surface area contributed by atoms with Gasteiger partial charge < -0.3 is 9.94 Å². The lowest BCUT2D eigenvalue weighted by Crippen LogP contribution is -2.08. The summed E-state index contributed by atoms with van der Waals surface area (Å²) in [5, 5.41) is 12.0. The maximum Gasteiger partial charge on any atom is 0.353 e. The van der Waals surface area contributed by atoms with E-state index < -0.39 is 5.97 Å². The number of hydrogen-bond acceptors (Lipinski definition) is 3. The molecule has 1 aromatic rings. The van der Waals surface area contributed by atoms with Crippen LogP contribution < -0.4 is 0 Å². The average Bonchev–Trinajstić information content (AvgIpc) is 2.30. The topological polar surface area (TPSA) is 58.9 Å². The number of nitrogens with zero attached hydrogens (tertiary/aromatic N) is 1. The number of hydrogen-bond donors (Lipinski definition) is 1. The number of benzene rings is 1. The van der Waals surface area contributed by atoms with Crippen LogP contribution in [0.4, 0.5) is 0 Å². The molecule has 0 aliphatic carbocycles. The summed E-state index contributed by atoms with van der Waals surface area (Å²) in [6.07, 6.45) is 1.96. The zero-order valence-electron chi connectivity index (χ0n) is 9.88. The summed E-state index contributed by atoms with van der Waals surface area (Å²) < 4.78 is 0. The summed E-state index contributed by atoms with van der Waals surface area (Å²) >= 11 is 0. The normalized spacial score (nSPS) is 12.4. The Kier molecular flexibility index (Phi) is 4.94. The highest BCUT2D eigenvalue weighted by atomic mass is 16.6. The van der Waals surface area contributed by atoms with Crippen molar-refractivity contribution in [1.82, 2.24) is 0 Å². The minimum absolute atomic E-state index is 0.0579. The molecule has 0 heterocycles. The number of aliphatic carboxylic acids is 1. The van der Waals surface area contributed by atoms with Gasteiger partial charge in [0.25, 0.3) is 0 Å². The van der Waals surface area contributed by atoms with Crippen molar-refractivity contribution >= 4 is 17.8 Å². The van der Waals surface area contributed by atoms with Crippen LogP contribution in [0, 0.1) is 0 Å². The van der Waals surface area contributed by atoms with Gasteiger partial charge in [-0.3, -0.25) is 0 Å².